The third kappa shape index (κ3) is 2.11. The summed E-state index contributed by atoms with van der Waals surface area (Å²) < 4.78 is 14.7. The predicted molar refractivity (Wildman–Crippen MR) is 62.2 cm³/mol. The van der Waals surface area contributed by atoms with Crippen LogP contribution in [0.25, 0.3) is 5.69 Å². The van der Waals surface area contributed by atoms with Gasteiger partial charge in [0.15, 0.2) is 5.82 Å². The van der Waals surface area contributed by atoms with Crippen molar-refractivity contribution in [2.45, 2.75) is 26.2 Å². The van der Waals surface area contributed by atoms with E-state index >= 15 is 0 Å². The van der Waals surface area contributed by atoms with Crippen LogP contribution in [0.4, 0.5) is 10.1 Å². The molecule has 0 unspecified atom stereocenters. The lowest BCUT2D eigenvalue weighted by Gasteiger charge is -2.17. The fourth-order valence-corrected chi connectivity index (χ4v) is 1.52. The Balaban J connectivity index is 2.61. The van der Waals surface area contributed by atoms with Crippen LogP contribution in [0.3, 0.4) is 0 Å². The van der Waals surface area contributed by atoms with E-state index < -0.39 is 0 Å². The van der Waals surface area contributed by atoms with E-state index in [4.69, 9.17) is 5.73 Å². The van der Waals surface area contributed by atoms with E-state index in [9.17, 15) is 4.39 Å². The highest BCUT2D eigenvalue weighted by Gasteiger charge is 2.23. The van der Waals surface area contributed by atoms with Crippen molar-refractivity contribution in [3.05, 3.63) is 29.8 Å². The molecule has 0 atom stereocenters. The molecule has 2 aromatic rings. The van der Waals surface area contributed by atoms with Crippen LogP contribution in [0.5, 0.6) is 0 Å². The van der Waals surface area contributed by atoms with E-state index in [0.29, 0.717) is 17.2 Å². The monoisotopic (exact) mass is 235 g/mol. The second-order valence-corrected chi connectivity index (χ2v) is 4.87. The molecule has 17 heavy (non-hydrogen) atoms. The Hall–Kier alpha value is -1.98. The van der Waals surface area contributed by atoms with Crippen LogP contribution in [0, 0.1) is 5.82 Å². The topological polar surface area (TPSA) is 69.6 Å². The number of nitrogens with two attached hydrogens (primary N) is 1. The number of aromatic nitrogens is 4. The molecule has 0 amide bonds. The molecular weight excluding hydrogens is 221 g/mol. The molecule has 0 bridgehead atoms. The van der Waals surface area contributed by atoms with Gasteiger partial charge in [0.05, 0.1) is 11.4 Å². The zero-order chi connectivity index (χ0) is 12.6. The summed E-state index contributed by atoms with van der Waals surface area (Å²) in [5.74, 6) is 0.263. The number of hydrogen-bond donors (Lipinski definition) is 1. The maximum Gasteiger partial charge on any atom is 0.162 e. The van der Waals surface area contributed by atoms with Gasteiger partial charge in [0.2, 0.25) is 0 Å². The van der Waals surface area contributed by atoms with Crippen LogP contribution in [0.2, 0.25) is 0 Å². The third-order valence-corrected chi connectivity index (χ3v) is 2.36. The lowest BCUT2D eigenvalue weighted by Crippen LogP contribution is -2.19. The highest BCUT2D eigenvalue weighted by atomic mass is 19.1. The molecule has 0 aliphatic rings. The smallest absolute Gasteiger partial charge is 0.162 e. The number of rotatable bonds is 1. The van der Waals surface area contributed by atoms with Crippen molar-refractivity contribution in [2.75, 3.05) is 5.73 Å². The molecule has 0 radical (unpaired) electrons. The van der Waals surface area contributed by atoms with Gasteiger partial charge in [0, 0.05) is 11.5 Å². The van der Waals surface area contributed by atoms with Crippen molar-refractivity contribution in [3.8, 4) is 5.69 Å². The zero-order valence-corrected chi connectivity index (χ0v) is 9.98. The number of tetrazole rings is 1. The lowest BCUT2D eigenvalue weighted by molar-refractivity contribution is 0.525. The predicted octanol–water partition coefficient (Wildman–Crippen LogP) is 1.68. The van der Waals surface area contributed by atoms with Gasteiger partial charge in [-0.05, 0) is 22.6 Å². The Bertz CT molecular complexity index is 541. The molecule has 0 fully saturated rings. The van der Waals surface area contributed by atoms with Crippen molar-refractivity contribution < 1.29 is 4.39 Å². The fraction of sp³-hybridized carbons (Fsp3) is 0.364. The second-order valence-electron chi connectivity index (χ2n) is 4.87. The molecule has 1 aromatic heterocycles. The van der Waals surface area contributed by atoms with Crippen molar-refractivity contribution in [1.82, 2.24) is 20.2 Å². The van der Waals surface area contributed by atoms with Crippen LogP contribution >= 0.6 is 0 Å². The maximum absolute atomic E-state index is 13.2. The standard InChI is InChI=1S/C11H14FN5/c1-11(2,3)10-14-15-16-17(10)9-6-7(12)4-5-8(9)13/h4-6H,13H2,1-3H3. The minimum absolute atomic E-state index is 0.248. The zero-order valence-electron chi connectivity index (χ0n) is 9.98. The average Bonchev–Trinajstić information content (AvgIpc) is 2.69. The van der Waals surface area contributed by atoms with E-state index in [-0.39, 0.29) is 11.2 Å². The van der Waals surface area contributed by atoms with Crippen LogP contribution in [0.1, 0.15) is 26.6 Å². The molecule has 0 aliphatic heterocycles. The number of nitrogens with zero attached hydrogens (tertiary/aromatic N) is 4. The van der Waals surface area contributed by atoms with Gasteiger partial charge in [-0.3, -0.25) is 0 Å². The quantitative estimate of drug-likeness (QED) is 0.763. The second kappa shape index (κ2) is 3.80. The Labute approximate surface area is 98.4 Å². The molecule has 0 spiro atoms. The van der Waals surface area contributed by atoms with E-state index in [1.807, 2.05) is 20.8 Å². The highest BCUT2D eigenvalue weighted by Crippen LogP contribution is 2.24. The Morgan fingerprint density at radius 1 is 1.29 bits per heavy atom. The van der Waals surface area contributed by atoms with Crippen LogP contribution in [0.15, 0.2) is 18.2 Å². The number of nitrogen functional groups attached to an aromatic ring is 1. The molecule has 1 aromatic carbocycles. The third-order valence-electron chi connectivity index (χ3n) is 2.36. The molecule has 0 saturated heterocycles. The molecule has 1 heterocycles. The van der Waals surface area contributed by atoms with Gasteiger partial charge in [0.1, 0.15) is 5.82 Å². The molecule has 90 valence electrons. The summed E-state index contributed by atoms with van der Waals surface area (Å²) in [4.78, 5) is 0. The number of hydrogen-bond acceptors (Lipinski definition) is 4. The first-order valence-corrected chi connectivity index (χ1v) is 5.24. The molecule has 0 aliphatic carbocycles. The minimum Gasteiger partial charge on any atom is -0.397 e. The molecule has 5 nitrogen and oxygen atoms in total. The summed E-state index contributed by atoms with van der Waals surface area (Å²) in [7, 11) is 0. The summed E-state index contributed by atoms with van der Waals surface area (Å²) in [5, 5.41) is 11.4. The van der Waals surface area contributed by atoms with E-state index in [1.54, 1.807) is 0 Å². The van der Waals surface area contributed by atoms with Crippen molar-refractivity contribution in [2.24, 2.45) is 0 Å². The lowest BCUT2D eigenvalue weighted by atomic mass is 9.95. The molecule has 2 rings (SSSR count). The van der Waals surface area contributed by atoms with E-state index in [0.717, 1.165) is 0 Å². The summed E-state index contributed by atoms with van der Waals surface area (Å²) >= 11 is 0. The molecule has 6 heteroatoms. The maximum atomic E-state index is 13.2. The fourth-order valence-electron chi connectivity index (χ4n) is 1.52. The summed E-state index contributed by atoms with van der Waals surface area (Å²) in [6.45, 7) is 5.93. The number of benzene rings is 1. The van der Waals surface area contributed by atoms with E-state index in [2.05, 4.69) is 15.5 Å². The normalized spacial score (nSPS) is 11.8. The van der Waals surface area contributed by atoms with Crippen LogP contribution in [-0.4, -0.2) is 20.2 Å². The minimum atomic E-state index is -0.371. The Morgan fingerprint density at radius 3 is 2.65 bits per heavy atom. The van der Waals surface area contributed by atoms with E-state index in [1.165, 1.54) is 22.9 Å². The molecule has 2 N–H and O–H groups in total. The number of halogens is 1. The van der Waals surface area contributed by atoms with Gasteiger partial charge in [-0.15, -0.1) is 5.10 Å². The first-order chi connectivity index (χ1) is 7.89. The van der Waals surface area contributed by atoms with Gasteiger partial charge >= 0.3 is 0 Å². The molecular formula is C11H14FN5. The van der Waals surface area contributed by atoms with Gasteiger partial charge in [-0.2, -0.15) is 4.68 Å². The summed E-state index contributed by atoms with van der Waals surface area (Å²) in [5.41, 5.74) is 6.45. The van der Waals surface area contributed by atoms with Crippen molar-refractivity contribution in [3.63, 3.8) is 0 Å². The van der Waals surface area contributed by atoms with Gasteiger partial charge < -0.3 is 5.73 Å². The van der Waals surface area contributed by atoms with Gasteiger partial charge in [0.25, 0.3) is 0 Å². The number of anilines is 1. The molecule has 0 saturated carbocycles. The van der Waals surface area contributed by atoms with Crippen molar-refractivity contribution in [1.29, 1.82) is 0 Å². The Kier molecular flexibility index (Phi) is 2.57. The Morgan fingerprint density at radius 2 is 2.00 bits per heavy atom. The van der Waals surface area contributed by atoms with Crippen LogP contribution < -0.4 is 5.73 Å². The van der Waals surface area contributed by atoms with Gasteiger partial charge in [-0.1, -0.05) is 20.8 Å². The largest absolute Gasteiger partial charge is 0.397 e. The summed E-state index contributed by atoms with van der Waals surface area (Å²) in [6.07, 6.45) is 0. The summed E-state index contributed by atoms with van der Waals surface area (Å²) in [6, 6.07) is 4.12. The average molecular weight is 235 g/mol. The first-order valence-electron chi connectivity index (χ1n) is 5.24. The van der Waals surface area contributed by atoms with Crippen LogP contribution in [-0.2, 0) is 5.41 Å². The first kappa shape index (κ1) is 11.5. The van der Waals surface area contributed by atoms with Crippen molar-refractivity contribution >= 4 is 5.69 Å². The SMILES string of the molecule is CC(C)(C)c1nnnn1-c1cc(F)ccc1N. The highest BCUT2D eigenvalue weighted by molar-refractivity contribution is 5.57. The van der Waals surface area contributed by atoms with Gasteiger partial charge in [-0.25, -0.2) is 4.39 Å².